The van der Waals surface area contributed by atoms with Gasteiger partial charge in [0.15, 0.2) is 0 Å². The van der Waals surface area contributed by atoms with Crippen molar-refractivity contribution in [3.05, 3.63) is 29.8 Å². The third kappa shape index (κ3) is 2.76. The van der Waals surface area contributed by atoms with E-state index in [2.05, 4.69) is 0 Å². The Balaban J connectivity index is 2.77. The van der Waals surface area contributed by atoms with Gasteiger partial charge in [0.2, 0.25) is 0 Å². The normalized spacial score (nSPS) is 9.57. The van der Waals surface area contributed by atoms with E-state index in [0.717, 1.165) is 0 Å². The van der Waals surface area contributed by atoms with Crippen LogP contribution in [0.4, 0.5) is 0 Å². The molecule has 1 aromatic rings. The van der Waals surface area contributed by atoms with E-state index in [1.165, 1.54) is 0 Å². The Kier molecular flexibility index (Phi) is 3.98. The number of hydrogen-bond acceptors (Lipinski definition) is 3. The van der Waals surface area contributed by atoms with Gasteiger partial charge in [-0.15, -0.1) is 0 Å². The van der Waals surface area contributed by atoms with Crippen LogP contribution in [0.2, 0.25) is 0 Å². The van der Waals surface area contributed by atoms with Crippen molar-refractivity contribution < 1.29 is 14.3 Å². The van der Waals surface area contributed by atoms with E-state index in [-0.39, 0.29) is 5.97 Å². The lowest BCUT2D eigenvalue weighted by Crippen LogP contribution is -2.04. The molecule has 3 heteroatoms. The Hall–Kier alpha value is -1.51. The van der Waals surface area contributed by atoms with Gasteiger partial charge in [-0.1, -0.05) is 6.07 Å². The summed E-state index contributed by atoms with van der Waals surface area (Å²) in [6.45, 7) is 4.66. The largest absolute Gasteiger partial charge is 0.494 e. The van der Waals surface area contributed by atoms with Gasteiger partial charge in [0.1, 0.15) is 5.75 Å². The maximum absolute atomic E-state index is 11.3. The fourth-order valence-corrected chi connectivity index (χ4v) is 1.09. The molecule has 0 aromatic heterocycles. The van der Waals surface area contributed by atoms with E-state index < -0.39 is 0 Å². The highest BCUT2D eigenvalue weighted by atomic mass is 16.5. The molecule has 1 rings (SSSR count). The summed E-state index contributed by atoms with van der Waals surface area (Å²) in [7, 11) is 0. The zero-order valence-electron chi connectivity index (χ0n) is 8.45. The van der Waals surface area contributed by atoms with Crippen molar-refractivity contribution in [2.75, 3.05) is 13.2 Å². The number of rotatable bonds is 4. The number of hydrogen-bond donors (Lipinski definition) is 0. The molecule has 3 nitrogen and oxygen atoms in total. The van der Waals surface area contributed by atoms with Crippen molar-refractivity contribution in [2.45, 2.75) is 13.8 Å². The van der Waals surface area contributed by atoms with E-state index in [0.29, 0.717) is 24.5 Å². The fraction of sp³-hybridized carbons (Fsp3) is 0.364. The molecule has 0 unspecified atom stereocenters. The summed E-state index contributed by atoms with van der Waals surface area (Å²) in [4.78, 5) is 11.3. The number of carbonyl (C=O) groups excluding carboxylic acids is 1. The lowest BCUT2D eigenvalue weighted by Gasteiger charge is -2.05. The zero-order valence-corrected chi connectivity index (χ0v) is 8.45. The molecule has 0 aliphatic rings. The number of esters is 1. The van der Waals surface area contributed by atoms with Crippen molar-refractivity contribution in [3.8, 4) is 5.75 Å². The molecule has 76 valence electrons. The van der Waals surface area contributed by atoms with E-state index in [1.54, 1.807) is 25.1 Å². The van der Waals surface area contributed by atoms with Gasteiger partial charge in [-0.2, -0.15) is 0 Å². The van der Waals surface area contributed by atoms with Crippen molar-refractivity contribution >= 4 is 5.97 Å². The summed E-state index contributed by atoms with van der Waals surface area (Å²) in [6.07, 6.45) is 0. The molecular formula is C11H14O3. The van der Waals surface area contributed by atoms with Gasteiger partial charge in [0.25, 0.3) is 0 Å². The Bertz CT molecular complexity index is 307. The van der Waals surface area contributed by atoms with E-state index in [9.17, 15) is 4.79 Å². The van der Waals surface area contributed by atoms with Gasteiger partial charge >= 0.3 is 5.97 Å². The Labute approximate surface area is 83.6 Å². The number of carbonyl (C=O) groups is 1. The Morgan fingerprint density at radius 1 is 1.29 bits per heavy atom. The molecule has 0 saturated carbocycles. The lowest BCUT2D eigenvalue weighted by molar-refractivity contribution is 0.0526. The maximum Gasteiger partial charge on any atom is 0.338 e. The van der Waals surface area contributed by atoms with Gasteiger partial charge in [0, 0.05) is 0 Å². The van der Waals surface area contributed by atoms with Gasteiger partial charge < -0.3 is 9.47 Å². The minimum atomic E-state index is -0.311. The van der Waals surface area contributed by atoms with Gasteiger partial charge in [0.05, 0.1) is 18.8 Å². The molecule has 0 amide bonds. The summed E-state index contributed by atoms with van der Waals surface area (Å²) in [5, 5.41) is 0. The molecule has 0 bridgehead atoms. The van der Waals surface area contributed by atoms with Crippen molar-refractivity contribution in [3.63, 3.8) is 0 Å². The summed E-state index contributed by atoms with van der Waals surface area (Å²) in [5.41, 5.74) is 0.526. The average molecular weight is 194 g/mol. The maximum atomic E-state index is 11.3. The van der Waals surface area contributed by atoms with Gasteiger partial charge in [-0.3, -0.25) is 0 Å². The van der Waals surface area contributed by atoms with E-state index >= 15 is 0 Å². The molecule has 1 aromatic carbocycles. The average Bonchev–Trinajstić information content (AvgIpc) is 2.19. The van der Waals surface area contributed by atoms with Crippen LogP contribution in [0.5, 0.6) is 5.75 Å². The Morgan fingerprint density at radius 2 is 2.07 bits per heavy atom. The first-order valence-corrected chi connectivity index (χ1v) is 4.68. The second-order valence-electron chi connectivity index (χ2n) is 2.68. The molecule has 0 heterocycles. The van der Waals surface area contributed by atoms with E-state index in [1.807, 2.05) is 13.0 Å². The molecule has 0 saturated heterocycles. The number of ether oxygens (including phenoxy) is 2. The molecular weight excluding hydrogens is 180 g/mol. The smallest absolute Gasteiger partial charge is 0.338 e. The predicted molar refractivity (Wildman–Crippen MR) is 53.6 cm³/mol. The predicted octanol–water partition coefficient (Wildman–Crippen LogP) is 2.26. The molecule has 0 spiro atoms. The van der Waals surface area contributed by atoms with Crippen LogP contribution in [-0.2, 0) is 4.74 Å². The third-order valence-corrected chi connectivity index (χ3v) is 1.66. The van der Waals surface area contributed by atoms with Crippen LogP contribution in [0.15, 0.2) is 24.3 Å². The van der Waals surface area contributed by atoms with Crippen LogP contribution in [0.25, 0.3) is 0 Å². The van der Waals surface area contributed by atoms with Crippen molar-refractivity contribution in [1.82, 2.24) is 0 Å². The summed E-state index contributed by atoms with van der Waals surface area (Å²) < 4.78 is 10.1. The van der Waals surface area contributed by atoms with Gasteiger partial charge in [-0.25, -0.2) is 4.79 Å². The first-order chi connectivity index (χ1) is 6.77. The summed E-state index contributed by atoms with van der Waals surface area (Å²) >= 11 is 0. The summed E-state index contributed by atoms with van der Waals surface area (Å²) in [5.74, 6) is 0.382. The van der Waals surface area contributed by atoms with Crippen LogP contribution < -0.4 is 4.74 Å². The molecule has 0 radical (unpaired) electrons. The molecule has 0 aliphatic heterocycles. The van der Waals surface area contributed by atoms with Crippen LogP contribution >= 0.6 is 0 Å². The van der Waals surface area contributed by atoms with Gasteiger partial charge in [-0.05, 0) is 32.0 Å². The van der Waals surface area contributed by atoms with Crippen molar-refractivity contribution in [1.29, 1.82) is 0 Å². The zero-order chi connectivity index (χ0) is 10.4. The minimum Gasteiger partial charge on any atom is -0.494 e. The monoisotopic (exact) mass is 194 g/mol. The second-order valence-corrected chi connectivity index (χ2v) is 2.68. The topological polar surface area (TPSA) is 35.5 Å². The molecule has 0 N–H and O–H groups in total. The standard InChI is InChI=1S/C11H14O3/c1-3-13-10-7-5-6-9(8-10)11(12)14-4-2/h5-8H,3-4H2,1-2H3. The van der Waals surface area contributed by atoms with Crippen LogP contribution in [-0.4, -0.2) is 19.2 Å². The molecule has 0 fully saturated rings. The van der Waals surface area contributed by atoms with E-state index in [4.69, 9.17) is 9.47 Å². The third-order valence-electron chi connectivity index (χ3n) is 1.66. The quantitative estimate of drug-likeness (QED) is 0.690. The number of benzene rings is 1. The first kappa shape index (κ1) is 10.6. The highest BCUT2D eigenvalue weighted by Crippen LogP contribution is 2.13. The lowest BCUT2D eigenvalue weighted by atomic mass is 10.2. The summed E-state index contributed by atoms with van der Waals surface area (Å²) in [6, 6.07) is 6.98. The first-order valence-electron chi connectivity index (χ1n) is 4.68. The highest BCUT2D eigenvalue weighted by molar-refractivity contribution is 5.89. The van der Waals surface area contributed by atoms with Crippen LogP contribution in [0.1, 0.15) is 24.2 Å². The van der Waals surface area contributed by atoms with Crippen molar-refractivity contribution in [2.24, 2.45) is 0 Å². The molecule has 0 aliphatic carbocycles. The Morgan fingerprint density at radius 3 is 2.71 bits per heavy atom. The minimum absolute atomic E-state index is 0.311. The SMILES string of the molecule is CCOC(=O)c1cccc(OCC)c1. The molecule has 0 atom stereocenters. The highest BCUT2D eigenvalue weighted by Gasteiger charge is 2.06. The van der Waals surface area contributed by atoms with Crippen LogP contribution in [0.3, 0.4) is 0 Å². The molecule has 14 heavy (non-hydrogen) atoms. The fourth-order valence-electron chi connectivity index (χ4n) is 1.09. The van der Waals surface area contributed by atoms with Crippen LogP contribution in [0, 0.1) is 0 Å². The second kappa shape index (κ2) is 5.27.